The fourth-order valence-corrected chi connectivity index (χ4v) is 3.42. The van der Waals surface area contributed by atoms with E-state index in [1.807, 2.05) is 13.0 Å². The first-order valence-electron chi connectivity index (χ1n) is 8.88. The predicted octanol–water partition coefficient (Wildman–Crippen LogP) is 1.75. The molecule has 0 radical (unpaired) electrons. The number of thiocarbonyl (C=S) groups is 1. The fourth-order valence-electron chi connectivity index (χ4n) is 3.23. The van der Waals surface area contributed by atoms with Gasteiger partial charge in [0.05, 0.1) is 12.8 Å². The molecule has 2 N–H and O–H groups in total. The zero-order chi connectivity index (χ0) is 19.1. The Morgan fingerprint density at radius 1 is 1.38 bits per heavy atom. The highest BCUT2D eigenvalue weighted by atomic mass is 32.1. The topological polar surface area (TPSA) is 85.8 Å². The van der Waals surface area contributed by atoms with Gasteiger partial charge in [0.25, 0.3) is 0 Å². The van der Waals surface area contributed by atoms with Crippen molar-refractivity contribution in [3.05, 3.63) is 29.3 Å². The van der Waals surface area contributed by atoms with E-state index in [0.717, 1.165) is 12.0 Å². The van der Waals surface area contributed by atoms with Gasteiger partial charge in [-0.05, 0) is 61.7 Å². The summed E-state index contributed by atoms with van der Waals surface area (Å²) < 4.78 is 5.20. The van der Waals surface area contributed by atoms with Crippen LogP contribution in [0.5, 0.6) is 5.75 Å². The van der Waals surface area contributed by atoms with Crippen molar-refractivity contribution < 1.29 is 14.6 Å². The van der Waals surface area contributed by atoms with E-state index in [0.29, 0.717) is 34.1 Å². The number of carboxylic acids is 1. The smallest absolute Gasteiger partial charge is 0.187 e. The Kier molecular flexibility index (Phi) is 7.38. The Morgan fingerprint density at radius 3 is 2.77 bits per heavy atom. The molecule has 142 valence electrons. The summed E-state index contributed by atoms with van der Waals surface area (Å²) in [6, 6.07) is 5.69. The van der Waals surface area contributed by atoms with Crippen molar-refractivity contribution in [2.75, 3.05) is 7.11 Å². The number of methoxy groups -OCH3 is 1. The van der Waals surface area contributed by atoms with Crippen LogP contribution >= 0.6 is 12.2 Å². The van der Waals surface area contributed by atoms with E-state index in [2.05, 4.69) is 22.8 Å². The van der Waals surface area contributed by atoms with E-state index in [1.165, 1.54) is 26.4 Å². The molecule has 2 rings (SSSR count). The molecule has 0 aromatic heterocycles. The van der Waals surface area contributed by atoms with Crippen molar-refractivity contribution in [1.82, 2.24) is 10.7 Å². The highest BCUT2D eigenvalue weighted by molar-refractivity contribution is 7.80. The molecular weight excluding hydrogens is 350 g/mol. The third-order valence-electron chi connectivity index (χ3n) is 4.79. The standard InChI is InChI=1S/C19H27N3O3S/c1-12-6-4-5-7-16(12)20-19(26)22-21-13(2)14-8-9-17(25-3)15(10-14)11-18(23)24/h8-10,12,16H,4-7,11H2,1-3H3,(H,23,24)(H2,20,22,26)/p-1/b21-13-/t12-,16+/m0/s1. The van der Waals surface area contributed by atoms with Crippen LogP contribution in [0.2, 0.25) is 0 Å². The van der Waals surface area contributed by atoms with E-state index in [-0.39, 0.29) is 6.42 Å². The van der Waals surface area contributed by atoms with E-state index < -0.39 is 5.97 Å². The number of rotatable bonds is 6. The number of carbonyl (C=O) groups is 1. The monoisotopic (exact) mass is 376 g/mol. The average molecular weight is 377 g/mol. The molecule has 1 aromatic rings. The second kappa shape index (κ2) is 9.52. The van der Waals surface area contributed by atoms with Crippen molar-refractivity contribution in [3.63, 3.8) is 0 Å². The first-order chi connectivity index (χ1) is 12.4. The van der Waals surface area contributed by atoms with Crippen LogP contribution < -0.4 is 20.6 Å². The minimum Gasteiger partial charge on any atom is -0.550 e. The van der Waals surface area contributed by atoms with Gasteiger partial charge in [-0.3, -0.25) is 5.43 Å². The first kappa shape index (κ1) is 20.2. The minimum atomic E-state index is -1.15. The van der Waals surface area contributed by atoms with Gasteiger partial charge in [-0.15, -0.1) is 0 Å². The molecule has 1 aliphatic rings. The van der Waals surface area contributed by atoms with Crippen molar-refractivity contribution in [2.24, 2.45) is 11.0 Å². The summed E-state index contributed by atoms with van der Waals surface area (Å²) in [4.78, 5) is 10.9. The van der Waals surface area contributed by atoms with Gasteiger partial charge in [-0.2, -0.15) is 5.10 Å². The Hall–Kier alpha value is -2.15. The number of hydrogen-bond donors (Lipinski definition) is 2. The van der Waals surface area contributed by atoms with E-state index >= 15 is 0 Å². The maximum absolute atomic E-state index is 10.9. The SMILES string of the molecule is COc1ccc(/C(C)=N\NC(=S)N[C@@H]2CCCC[C@@H]2C)cc1CC(=O)[O-]. The summed E-state index contributed by atoms with van der Waals surface area (Å²) in [5, 5.41) is 19.1. The van der Waals surface area contributed by atoms with Crippen molar-refractivity contribution in [3.8, 4) is 5.75 Å². The molecule has 0 heterocycles. The number of benzene rings is 1. The van der Waals surface area contributed by atoms with Gasteiger partial charge in [0.15, 0.2) is 5.11 Å². The van der Waals surface area contributed by atoms with Gasteiger partial charge < -0.3 is 20.0 Å². The Labute approximate surface area is 160 Å². The summed E-state index contributed by atoms with van der Waals surface area (Å²) >= 11 is 5.34. The molecule has 0 spiro atoms. The third-order valence-corrected chi connectivity index (χ3v) is 5.00. The van der Waals surface area contributed by atoms with Gasteiger partial charge in [0.1, 0.15) is 5.75 Å². The molecule has 1 saturated carbocycles. The number of carbonyl (C=O) groups excluding carboxylic acids is 1. The quantitative estimate of drug-likeness (QED) is 0.447. The average Bonchev–Trinajstić information content (AvgIpc) is 2.61. The van der Waals surface area contributed by atoms with Crippen molar-refractivity contribution >= 4 is 29.0 Å². The van der Waals surface area contributed by atoms with Crippen LogP contribution in [0, 0.1) is 5.92 Å². The molecule has 0 bridgehead atoms. The van der Waals surface area contributed by atoms with Gasteiger partial charge in [-0.1, -0.05) is 19.8 Å². The molecule has 2 atom stereocenters. The molecule has 6 nitrogen and oxygen atoms in total. The fraction of sp³-hybridized carbons (Fsp3) is 0.526. The molecule has 0 unspecified atom stereocenters. The molecule has 0 amide bonds. The molecule has 1 aliphatic carbocycles. The summed E-state index contributed by atoms with van der Waals surface area (Å²) in [7, 11) is 1.51. The van der Waals surface area contributed by atoms with Crippen LogP contribution in [0.25, 0.3) is 0 Å². The molecule has 1 fully saturated rings. The van der Waals surface area contributed by atoms with Gasteiger partial charge >= 0.3 is 0 Å². The van der Waals surface area contributed by atoms with Crippen molar-refractivity contribution in [2.45, 2.75) is 52.0 Å². The third kappa shape index (κ3) is 5.69. The van der Waals surface area contributed by atoms with Crippen LogP contribution in [-0.2, 0) is 11.2 Å². The largest absolute Gasteiger partial charge is 0.550 e. The number of nitrogens with one attached hydrogen (secondary N) is 2. The lowest BCUT2D eigenvalue weighted by Gasteiger charge is -2.30. The lowest BCUT2D eigenvalue weighted by molar-refractivity contribution is -0.304. The minimum absolute atomic E-state index is 0.211. The number of nitrogens with zero attached hydrogens (tertiary/aromatic N) is 1. The van der Waals surface area contributed by atoms with Crippen LogP contribution in [-0.4, -0.2) is 29.9 Å². The Bertz CT molecular complexity index is 691. The molecular formula is C19H26N3O3S-. The Morgan fingerprint density at radius 2 is 2.12 bits per heavy atom. The number of ether oxygens (including phenoxy) is 1. The van der Waals surface area contributed by atoms with Crippen molar-refractivity contribution in [1.29, 1.82) is 0 Å². The second-order valence-electron chi connectivity index (χ2n) is 6.73. The highest BCUT2D eigenvalue weighted by Gasteiger charge is 2.21. The predicted molar refractivity (Wildman–Crippen MR) is 104 cm³/mol. The molecule has 0 saturated heterocycles. The van der Waals surface area contributed by atoms with E-state index in [9.17, 15) is 9.90 Å². The van der Waals surface area contributed by atoms with Crippen LogP contribution in [0.4, 0.5) is 0 Å². The lowest BCUT2D eigenvalue weighted by Crippen LogP contribution is -2.44. The number of hydrogen-bond acceptors (Lipinski definition) is 5. The van der Waals surface area contributed by atoms with Gasteiger partial charge in [0.2, 0.25) is 0 Å². The second-order valence-corrected chi connectivity index (χ2v) is 7.13. The summed E-state index contributed by atoms with van der Waals surface area (Å²) in [6.45, 7) is 4.08. The highest BCUT2D eigenvalue weighted by Crippen LogP contribution is 2.23. The lowest BCUT2D eigenvalue weighted by atomic mass is 9.86. The molecule has 0 aliphatic heterocycles. The Balaban J connectivity index is 2.01. The van der Waals surface area contributed by atoms with E-state index in [1.54, 1.807) is 12.1 Å². The molecule has 7 heteroatoms. The number of carboxylic acid groups (broad SMARTS) is 1. The number of hydrazone groups is 1. The van der Waals surface area contributed by atoms with Gasteiger partial charge in [-0.25, -0.2) is 0 Å². The van der Waals surface area contributed by atoms with Gasteiger partial charge in [0, 0.05) is 24.0 Å². The molecule has 26 heavy (non-hydrogen) atoms. The molecule has 1 aromatic carbocycles. The van der Waals surface area contributed by atoms with Crippen LogP contribution in [0.3, 0.4) is 0 Å². The summed E-state index contributed by atoms with van der Waals surface area (Å²) in [5.74, 6) is -0.0373. The normalized spacial score (nSPS) is 20.3. The van der Waals surface area contributed by atoms with Crippen LogP contribution in [0.1, 0.15) is 50.7 Å². The maximum atomic E-state index is 10.9. The zero-order valence-electron chi connectivity index (χ0n) is 15.5. The zero-order valence-corrected chi connectivity index (χ0v) is 16.3. The summed E-state index contributed by atoms with van der Waals surface area (Å²) in [5.41, 5.74) is 4.93. The summed E-state index contributed by atoms with van der Waals surface area (Å²) in [6.07, 6.45) is 4.63. The number of aliphatic carboxylic acids is 1. The van der Waals surface area contributed by atoms with Crippen LogP contribution in [0.15, 0.2) is 23.3 Å². The maximum Gasteiger partial charge on any atom is 0.187 e. The first-order valence-corrected chi connectivity index (χ1v) is 9.29. The van der Waals surface area contributed by atoms with E-state index in [4.69, 9.17) is 17.0 Å².